The van der Waals surface area contributed by atoms with Crippen molar-refractivity contribution >= 4 is 22.1 Å². The van der Waals surface area contributed by atoms with E-state index in [0.29, 0.717) is 17.9 Å². The Hall–Kier alpha value is -3.66. The molecule has 1 heterocycles. The summed E-state index contributed by atoms with van der Waals surface area (Å²) in [5.41, 5.74) is 3.76. The quantitative estimate of drug-likeness (QED) is 0.353. The van der Waals surface area contributed by atoms with Gasteiger partial charge in [-0.2, -0.15) is 0 Å². The van der Waals surface area contributed by atoms with E-state index in [4.69, 9.17) is 9.47 Å². The minimum absolute atomic E-state index is 0.119. The van der Waals surface area contributed by atoms with Gasteiger partial charge >= 0.3 is 0 Å². The zero-order chi connectivity index (χ0) is 18.8. The SMILES string of the molecule is c1ccc2c(c1)Cc1ccc3ccccc3c1N=Nc1ccccc1OCO2. The Morgan fingerprint density at radius 3 is 2.32 bits per heavy atom. The molecule has 4 nitrogen and oxygen atoms in total. The molecule has 0 amide bonds. The monoisotopic (exact) mass is 366 g/mol. The molecule has 0 fully saturated rings. The van der Waals surface area contributed by atoms with Gasteiger partial charge in [-0.25, -0.2) is 0 Å². The largest absolute Gasteiger partial charge is 0.457 e. The van der Waals surface area contributed by atoms with E-state index < -0.39 is 0 Å². The Balaban J connectivity index is 1.73. The van der Waals surface area contributed by atoms with Crippen molar-refractivity contribution in [3.63, 3.8) is 0 Å². The Morgan fingerprint density at radius 1 is 0.607 bits per heavy atom. The first-order chi connectivity index (χ1) is 13.9. The van der Waals surface area contributed by atoms with E-state index in [1.165, 1.54) is 0 Å². The molecule has 0 aromatic heterocycles. The minimum atomic E-state index is 0.119. The van der Waals surface area contributed by atoms with Crippen molar-refractivity contribution in [2.45, 2.75) is 6.42 Å². The Morgan fingerprint density at radius 2 is 1.36 bits per heavy atom. The maximum atomic E-state index is 5.93. The molecule has 0 bridgehead atoms. The van der Waals surface area contributed by atoms with Crippen LogP contribution in [0.15, 0.2) is 95.2 Å². The third-order valence-electron chi connectivity index (χ3n) is 4.89. The van der Waals surface area contributed by atoms with Crippen LogP contribution in [0.3, 0.4) is 0 Å². The summed E-state index contributed by atoms with van der Waals surface area (Å²) < 4.78 is 11.7. The van der Waals surface area contributed by atoms with Gasteiger partial charge in [0.25, 0.3) is 0 Å². The van der Waals surface area contributed by atoms with Crippen molar-refractivity contribution in [1.82, 2.24) is 0 Å². The molecular formula is C24H18N2O2. The van der Waals surface area contributed by atoms with Crippen LogP contribution in [-0.2, 0) is 6.42 Å². The molecule has 4 aromatic carbocycles. The van der Waals surface area contributed by atoms with Gasteiger partial charge in [0, 0.05) is 11.8 Å². The van der Waals surface area contributed by atoms with Crippen molar-refractivity contribution in [2.75, 3.05) is 6.79 Å². The Bertz CT molecular complexity index is 1180. The van der Waals surface area contributed by atoms with E-state index in [-0.39, 0.29) is 6.79 Å². The number of nitrogens with zero attached hydrogens (tertiary/aromatic N) is 2. The van der Waals surface area contributed by atoms with Crippen molar-refractivity contribution in [1.29, 1.82) is 0 Å². The standard InChI is InChI=1S/C24H18N2O2/c1-3-9-20-17(7-1)13-14-19-15-18-8-2-5-11-22(18)27-16-28-23-12-6-4-10-21(23)25-26-24(19)20/h1-14H,15-16H2. The molecule has 0 unspecified atom stereocenters. The van der Waals surface area contributed by atoms with Gasteiger partial charge in [0.2, 0.25) is 6.79 Å². The zero-order valence-corrected chi connectivity index (χ0v) is 15.2. The molecular weight excluding hydrogens is 348 g/mol. The molecule has 0 N–H and O–H groups in total. The maximum absolute atomic E-state index is 5.93. The summed E-state index contributed by atoms with van der Waals surface area (Å²) in [7, 11) is 0. The summed E-state index contributed by atoms with van der Waals surface area (Å²) in [6, 6.07) is 28.1. The number of azo groups is 1. The minimum Gasteiger partial charge on any atom is -0.457 e. The number of benzene rings is 4. The second-order valence-electron chi connectivity index (χ2n) is 6.65. The van der Waals surface area contributed by atoms with Crippen LogP contribution in [0.4, 0.5) is 11.4 Å². The smallest absolute Gasteiger partial charge is 0.231 e. The first kappa shape index (κ1) is 16.5. The van der Waals surface area contributed by atoms with E-state index >= 15 is 0 Å². The molecule has 136 valence electrons. The number of para-hydroxylation sites is 2. The average Bonchev–Trinajstić information content (AvgIpc) is 2.74. The van der Waals surface area contributed by atoms with Gasteiger partial charge in [-0.3, -0.25) is 0 Å². The van der Waals surface area contributed by atoms with E-state index in [0.717, 1.165) is 33.3 Å². The van der Waals surface area contributed by atoms with E-state index in [1.807, 2.05) is 54.6 Å². The number of hydrogen-bond acceptors (Lipinski definition) is 4. The van der Waals surface area contributed by atoms with Gasteiger partial charge in [0.1, 0.15) is 11.4 Å². The predicted molar refractivity (Wildman–Crippen MR) is 110 cm³/mol. The topological polar surface area (TPSA) is 43.2 Å². The molecule has 0 atom stereocenters. The van der Waals surface area contributed by atoms with Crippen LogP contribution in [0.1, 0.15) is 11.1 Å². The lowest BCUT2D eigenvalue weighted by Crippen LogP contribution is -2.07. The summed E-state index contributed by atoms with van der Waals surface area (Å²) in [6.45, 7) is 0.119. The normalized spacial score (nSPS) is 13.1. The van der Waals surface area contributed by atoms with Crippen molar-refractivity contribution in [2.24, 2.45) is 10.2 Å². The lowest BCUT2D eigenvalue weighted by Gasteiger charge is -2.15. The molecule has 0 saturated heterocycles. The molecule has 1 aliphatic heterocycles. The zero-order valence-electron chi connectivity index (χ0n) is 15.2. The van der Waals surface area contributed by atoms with E-state index in [1.54, 1.807) is 0 Å². The first-order valence-electron chi connectivity index (χ1n) is 9.23. The van der Waals surface area contributed by atoms with Gasteiger partial charge in [0.15, 0.2) is 5.75 Å². The van der Waals surface area contributed by atoms with Gasteiger partial charge in [-0.15, -0.1) is 10.2 Å². The van der Waals surface area contributed by atoms with Crippen LogP contribution in [-0.4, -0.2) is 6.79 Å². The highest BCUT2D eigenvalue weighted by atomic mass is 16.7. The second-order valence-corrected chi connectivity index (χ2v) is 6.65. The molecule has 1 aliphatic rings. The summed E-state index contributed by atoms with van der Waals surface area (Å²) in [6.07, 6.45) is 0.705. The van der Waals surface area contributed by atoms with Crippen LogP contribution in [0.25, 0.3) is 10.8 Å². The number of ether oxygens (including phenoxy) is 2. The number of rotatable bonds is 0. The third kappa shape index (κ3) is 3.09. The number of fused-ring (bicyclic) bond motifs is 5. The Labute approximate surface area is 163 Å². The molecule has 0 saturated carbocycles. The van der Waals surface area contributed by atoms with Crippen molar-refractivity contribution in [3.05, 3.63) is 96.1 Å². The summed E-state index contributed by atoms with van der Waals surface area (Å²) >= 11 is 0. The lowest BCUT2D eigenvalue weighted by atomic mass is 9.98. The van der Waals surface area contributed by atoms with Crippen LogP contribution in [0.2, 0.25) is 0 Å². The summed E-state index contributed by atoms with van der Waals surface area (Å²) in [5.74, 6) is 1.46. The highest BCUT2D eigenvalue weighted by Crippen LogP contribution is 2.36. The van der Waals surface area contributed by atoms with E-state index in [2.05, 4.69) is 40.6 Å². The van der Waals surface area contributed by atoms with Gasteiger partial charge in [-0.1, -0.05) is 66.7 Å². The fourth-order valence-corrected chi connectivity index (χ4v) is 3.48. The fourth-order valence-electron chi connectivity index (χ4n) is 3.48. The maximum Gasteiger partial charge on any atom is 0.231 e. The summed E-state index contributed by atoms with van der Waals surface area (Å²) in [5, 5.41) is 11.4. The molecule has 5 rings (SSSR count). The number of hydrogen-bond donors (Lipinski definition) is 0. The molecule has 0 aliphatic carbocycles. The van der Waals surface area contributed by atoms with E-state index in [9.17, 15) is 0 Å². The predicted octanol–water partition coefficient (Wildman–Crippen LogP) is 6.57. The lowest BCUT2D eigenvalue weighted by molar-refractivity contribution is 0.119. The van der Waals surface area contributed by atoms with Crippen LogP contribution < -0.4 is 9.47 Å². The average molecular weight is 366 g/mol. The van der Waals surface area contributed by atoms with Gasteiger partial charge in [0.05, 0.1) is 5.69 Å². The van der Waals surface area contributed by atoms with Crippen LogP contribution in [0, 0.1) is 0 Å². The molecule has 0 spiro atoms. The third-order valence-corrected chi connectivity index (χ3v) is 4.89. The Kier molecular flexibility index (Phi) is 4.22. The fraction of sp³-hybridized carbons (Fsp3) is 0.0833. The molecule has 4 heteroatoms. The highest BCUT2D eigenvalue weighted by molar-refractivity contribution is 5.94. The molecule has 0 radical (unpaired) electrons. The first-order valence-corrected chi connectivity index (χ1v) is 9.23. The van der Waals surface area contributed by atoms with Crippen LogP contribution in [0.5, 0.6) is 11.5 Å². The van der Waals surface area contributed by atoms with Crippen molar-refractivity contribution in [3.8, 4) is 11.5 Å². The van der Waals surface area contributed by atoms with Crippen LogP contribution >= 0.6 is 0 Å². The molecule has 4 aromatic rings. The van der Waals surface area contributed by atoms with Crippen molar-refractivity contribution < 1.29 is 9.47 Å². The second kappa shape index (κ2) is 7.16. The molecule has 28 heavy (non-hydrogen) atoms. The van der Waals surface area contributed by atoms with Gasteiger partial charge < -0.3 is 9.47 Å². The highest BCUT2D eigenvalue weighted by Gasteiger charge is 2.13. The summed E-state index contributed by atoms with van der Waals surface area (Å²) in [4.78, 5) is 0. The van der Waals surface area contributed by atoms with Gasteiger partial charge in [-0.05, 0) is 34.7 Å².